The summed E-state index contributed by atoms with van der Waals surface area (Å²) in [6, 6.07) is 11.4. The first kappa shape index (κ1) is 15.5. The van der Waals surface area contributed by atoms with E-state index in [-0.39, 0.29) is 17.0 Å². The van der Waals surface area contributed by atoms with Gasteiger partial charge in [-0.1, -0.05) is 17.7 Å². The van der Waals surface area contributed by atoms with Crippen LogP contribution in [0.25, 0.3) is 0 Å². The average molecular weight is 300 g/mol. The van der Waals surface area contributed by atoms with Crippen LogP contribution in [0.15, 0.2) is 42.5 Å². The monoisotopic (exact) mass is 300 g/mol. The highest BCUT2D eigenvalue weighted by atomic mass is 16.6. The minimum absolute atomic E-state index is 0.152. The standard InChI is InChI=1S/C16H16N2O4/c1-3-22-15-9-6-12(10-14(15)18(20)21)16(19)17-13-7-4-11(2)5-8-13/h4-10H,3H2,1-2H3,(H,17,19). The number of ether oxygens (including phenoxy) is 1. The molecule has 0 fully saturated rings. The van der Waals surface area contributed by atoms with Crippen LogP contribution in [0.2, 0.25) is 0 Å². The van der Waals surface area contributed by atoms with Crippen molar-refractivity contribution in [2.75, 3.05) is 11.9 Å². The molecule has 0 unspecified atom stereocenters. The average Bonchev–Trinajstić information content (AvgIpc) is 2.50. The first-order valence-corrected chi connectivity index (χ1v) is 6.80. The molecule has 1 N–H and O–H groups in total. The molecule has 0 aliphatic heterocycles. The van der Waals surface area contributed by atoms with Gasteiger partial charge in [0.15, 0.2) is 5.75 Å². The Labute approximate surface area is 127 Å². The molecule has 0 aliphatic carbocycles. The van der Waals surface area contributed by atoms with Crippen molar-refractivity contribution >= 4 is 17.3 Å². The van der Waals surface area contributed by atoms with E-state index in [1.807, 2.05) is 19.1 Å². The van der Waals surface area contributed by atoms with Crippen LogP contribution in [0.3, 0.4) is 0 Å². The maximum atomic E-state index is 12.2. The van der Waals surface area contributed by atoms with Crippen LogP contribution in [0.1, 0.15) is 22.8 Å². The second-order valence-electron chi connectivity index (χ2n) is 4.69. The Balaban J connectivity index is 2.24. The molecule has 2 aromatic rings. The molecule has 6 heteroatoms. The van der Waals surface area contributed by atoms with Gasteiger partial charge in [-0.05, 0) is 38.1 Å². The molecule has 2 aromatic carbocycles. The van der Waals surface area contributed by atoms with E-state index in [0.29, 0.717) is 12.3 Å². The molecular formula is C16H16N2O4. The number of nitro benzene ring substituents is 1. The lowest BCUT2D eigenvalue weighted by Crippen LogP contribution is -2.12. The first-order valence-electron chi connectivity index (χ1n) is 6.80. The van der Waals surface area contributed by atoms with Gasteiger partial charge in [0.25, 0.3) is 5.91 Å². The Morgan fingerprint density at radius 2 is 1.91 bits per heavy atom. The van der Waals surface area contributed by atoms with E-state index in [9.17, 15) is 14.9 Å². The van der Waals surface area contributed by atoms with E-state index in [1.165, 1.54) is 18.2 Å². The number of nitrogens with zero attached hydrogens (tertiary/aromatic N) is 1. The molecule has 6 nitrogen and oxygen atoms in total. The van der Waals surface area contributed by atoms with Crippen LogP contribution in [0.4, 0.5) is 11.4 Å². The van der Waals surface area contributed by atoms with Crippen molar-refractivity contribution in [1.82, 2.24) is 0 Å². The van der Waals surface area contributed by atoms with Crippen LogP contribution in [-0.4, -0.2) is 17.4 Å². The van der Waals surface area contributed by atoms with Gasteiger partial charge in [-0.25, -0.2) is 0 Å². The fraction of sp³-hybridized carbons (Fsp3) is 0.188. The van der Waals surface area contributed by atoms with E-state index in [1.54, 1.807) is 19.1 Å². The van der Waals surface area contributed by atoms with E-state index in [0.717, 1.165) is 5.56 Å². The number of hydrogen-bond acceptors (Lipinski definition) is 4. The Bertz CT molecular complexity index is 696. The first-order chi connectivity index (χ1) is 10.5. The molecular weight excluding hydrogens is 284 g/mol. The van der Waals surface area contributed by atoms with Gasteiger partial charge in [0, 0.05) is 17.3 Å². The zero-order chi connectivity index (χ0) is 16.1. The SMILES string of the molecule is CCOc1ccc(C(=O)Nc2ccc(C)cc2)cc1[N+](=O)[O-]. The van der Waals surface area contributed by atoms with E-state index < -0.39 is 10.8 Å². The lowest BCUT2D eigenvalue weighted by Gasteiger charge is -2.08. The fourth-order valence-corrected chi connectivity index (χ4v) is 1.92. The van der Waals surface area contributed by atoms with E-state index >= 15 is 0 Å². The molecule has 0 spiro atoms. The molecule has 0 heterocycles. The third-order valence-corrected chi connectivity index (χ3v) is 3.03. The summed E-state index contributed by atoms with van der Waals surface area (Å²) in [5.41, 5.74) is 1.69. The van der Waals surface area contributed by atoms with Gasteiger partial charge < -0.3 is 10.1 Å². The van der Waals surface area contributed by atoms with E-state index in [2.05, 4.69) is 5.32 Å². The number of nitro groups is 1. The number of amides is 1. The molecule has 2 rings (SSSR count). The zero-order valence-corrected chi connectivity index (χ0v) is 12.3. The predicted molar refractivity (Wildman–Crippen MR) is 83.4 cm³/mol. The minimum Gasteiger partial charge on any atom is -0.487 e. The zero-order valence-electron chi connectivity index (χ0n) is 12.3. The minimum atomic E-state index is -0.562. The summed E-state index contributed by atoms with van der Waals surface area (Å²) >= 11 is 0. The van der Waals surface area contributed by atoms with Crippen molar-refractivity contribution in [1.29, 1.82) is 0 Å². The Kier molecular flexibility index (Phi) is 4.73. The number of carbonyl (C=O) groups is 1. The van der Waals surface area contributed by atoms with Gasteiger partial charge in [0.1, 0.15) is 0 Å². The largest absolute Gasteiger partial charge is 0.487 e. The topological polar surface area (TPSA) is 81.5 Å². The highest BCUT2D eigenvalue weighted by Crippen LogP contribution is 2.28. The second-order valence-corrected chi connectivity index (χ2v) is 4.69. The van der Waals surface area contributed by atoms with Gasteiger partial charge in [0.05, 0.1) is 11.5 Å². The number of rotatable bonds is 5. The van der Waals surface area contributed by atoms with Gasteiger partial charge in [-0.15, -0.1) is 0 Å². The molecule has 0 aliphatic rings. The Hall–Kier alpha value is -2.89. The Morgan fingerprint density at radius 1 is 1.23 bits per heavy atom. The molecule has 0 aromatic heterocycles. The molecule has 1 amide bonds. The Morgan fingerprint density at radius 3 is 2.50 bits per heavy atom. The highest BCUT2D eigenvalue weighted by Gasteiger charge is 2.18. The molecule has 0 saturated carbocycles. The fourth-order valence-electron chi connectivity index (χ4n) is 1.92. The van der Waals surface area contributed by atoms with Crippen molar-refractivity contribution < 1.29 is 14.5 Å². The van der Waals surface area contributed by atoms with Crippen molar-refractivity contribution in [2.45, 2.75) is 13.8 Å². The lowest BCUT2D eigenvalue weighted by molar-refractivity contribution is -0.385. The summed E-state index contributed by atoms with van der Waals surface area (Å²) in [6.07, 6.45) is 0. The highest BCUT2D eigenvalue weighted by molar-refractivity contribution is 6.04. The summed E-state index contributed by atoms with van der Waals surface area (Å²) < 4.78 is 5.19. The molecule has 114 valence electrons. The molecule has 0 radical (unpaired) electrons. The maximum absolute atomic E-state index is 12.2. The number of aryl methyl sites for hydroxylation is 1. The third-order valence-electron chi connectivity index (χ3n) is 3.03. The van der Waals surface area contributed by atoms with Crippen molar-refractivity contribution in [3.05, 3.63) is 63.7 Å². The van der Waals surface area contributed by atoms with Gasteiger partial charge >= 0.3 is 5.69 Å². The molecule has 0 saturated heterocycles. The van der Waals surface area contributed by atoms with Gasteiger partial charge in [-0.2, -0.15) is 0 Å². The van der Waals surface area contributed by atoms with Gasteiger partial charge in [-0.3, -0.25) is 14.9 Å². The maximum Gasteiger partial charge on any atom is 0.311 e. The number of anilines is 1. The summed E-state index contributed by atoms with van der Waals surface area (Å²) in [7, 11) is 0. The van der Waals surface area contributed by atoms with E-state index in [4.69, 9.17) is 4.74 Å². The van der Waals surface area contributed by atoms with Crippen LogP contribution in [0.5, 0.6) is 5.75 Å². The van der Waals surface area contributed by atoms with Crippen LogP contribution >= 0.6 is 0 Å². The van der Waals surface area contributed by atoms with Crippen molar-refractivity contribution in [3.63, 3.8) is 0 Å². The number of benzene rings is 2. The lowest BCUT2D eigenvalue weighted by atomic mass is 10.1. The molecule has 22 heavy (non-hydrogen) atoms. The number of carbonyl (C=O) groups excluding carboxylic acids is 1. The summed E-state index contributed by atoms with van der Waals surface area (Å²) in [4.78, 5) is 22.7. The predicted octanol–water partition coefficient (Wildman–Crippen LogP) is 3.55. The van der Waals surface area contributed by atoms with Crippen molar-refractivity contribution in [2.24, 2.45) is 0 Å². The third kappa shape index (κ3) is 3.60. The number of hydrogen-bond donors (Lipinski definition) is 1. The summed E-state index contributed by atoms with van der Waals surface area (Å²) in [5, 5.41) is 13.8. The quantitative estimate of drug-likeness (QED) is 0.676. The smallest absolute Gasteiger partial charge is 0.311 e. The van der Waals surface area contributed by atoms with Gasteiger partial charge in [0.2, 0.25) is 0 Å². The summed E-state index contributed by atoms with van der Waals surface area (Å²) in [6.45, 7) is 4.00. The number of nitrogens with one attached hydrogen (secondary N) is 1. The second kappa shape index (κ2) is 6.71. The van der Waals surface area contributed by atoms with Crippen LogP contribution < -0.4 is 10.1 Å². The van der Waals surface area contributed by atoms with Crippen LogP contribution in [0, 0.1) is 17.0 Å². The van der Waals surface area contributed by atoms with Crippen molar-refractivity contribution in [3.8, 4) is 5.75 Å². The summed E-state index contributed by atoms with van der Waals surface area (Å²) in [5.74, 6) is -0.255. The van der Waals surface area contributed by atoms with Crippen LogP contribution in [-0.2, 0) is 0 Å². The molecule has 0 atom stereocenters. The normalized spacial score (nSPS) is 10.1. The molecule has 0 bridgehead atoms.